The minimum atomic E-state index is -1.96. The number of hydrogen-bond acceptors (Lipinski definition) is 1. The number of ether oxygens (including phenoxy) is 1. The Hall–Kier alpha value is -2.08. The van der Waals surface area contributed by atoms with E-state index in [1.165, 1.54) is 33.4 Å². The Morgan fingerprint density at radius 3 is 1.46 bits per heavy atom. The molecule has 1 aliphatic rings. The molecular formula is C25H26ClOP. The van der Waals surface area contributed by atoms with Gasteiger partial charge in [0.2, 0.25) is 0 Å². The van der Waals surface area contributed by atoms with Gasteiger partial charge in [-0.25, -0.2) is 0 Å². The second-order valence-electron chi connectivity index (χ2n) is 6.99. The standard InChI is InChI=1S/C25H26OP.ClH/c1-21(25-19-11-12-20-26-25)27(22-13-5-2-6-14-22,23-15-7-3-8-16-23)24-17-9-4-10-18-24;/h2-10,13-18H,11-12,19-20H2,1H3;1H/q+1;/p-1/b25-21+;. The first-order valence-corrected chi connectivity index (χ1v) is 11.5. The SMILES string of the molecule is C/C(=C1/CCCCO1)[P+](c1ccccc1)(c1ccccc1)c1ccccc1.[Cl-]. The lowest BCUT2D eigenvalue weighted by Crippen LogP contribution is -3.00. The molecule has 1 heterocycles. The third-order valence-electron chi connectivity index (χ3n) is 5.41. The van der Waals surface area contributed by atoms with Crippen LogP contribution in [0.4, 0.5) is 0 Å². The lowest BCUT2D eigenvalue weighted by molar-refractivity contribution is -0.00000616. The van der Waals surface area contributed by atoms with Crippen molar-refractivity contribution in [2.75, 3.05) is 6.61 Å². The van der Waals surface area contributed by atoms with Crippen molar-refractivity contribution in [2.45, 2.75) is 26.2 Å². The van der Waals surface area contributed by atoms with Crippen molar-refractivity contribution in [3.05, 3.63) is 102 Å². The molecule has 1 nitrogen and oxygen atoms in total. The van der Waals surface area contributed by atoms with Gasteiger partial charge in [0, 0.05) is 6.42 Å². The summed E-state index contributed by atoms with van der Waals surface area (Å²) in [4.78, 5) is 0. The van der Waals surface area contributed by atoms with Gasteiger partial charge in [-0.1, -0.05) is 54.6 Å². The second-order valence-corrected chi connectivity index (χ2v) is 10.6. The van der Waals surface area contributed by atoms with Gasteiger partial charge in [-0.05, 0) is 56.2 Å². The quantitative estimate of drug-likeness (QED) is 0.602. The molecule has 0 unspecified atom stereocenters. The maximum atomic E-state index is 6.22. The largest absolute Gasteiger partial charge is 1.00 e. The van der Waals surface area contributed by atoms with E-state index in [9.17, 15) is 0 Å². The third-order valence-corrected chi connectivity index (χ3v) is 9.89. The molecule has 0 N–H and O–H groups in total. The molecular weight excluding hydrogens is 383 g/mol. The molecule has 3 aromatic carbocycles. The van der Waals surface area contributed by atoms with Crippen molar-refractivity contribution in [2.24, 2.45) is 0 Å². The Balaban J connectivity index is 0.00000225. The van der Waals surface area contributed by atoms with E-state index < -0.39 is 7.26 Å². The number of allylic oxidation sites excluding steroid dienone is 2. The molecule has 0 spiro atoms. The molecule has 0 atom stereocenters. The van der Waals surface area contributed by atoms with Gasteiger partial charge in [-0.3, -0.25) is 0 Å². The zero-order valence-electron chi connectivity index (χ0n) is 16.2. The number of benzene rings is 3. The fourth-order valence-electron chi connectivity index (χ4n) is 4.11. The highest BCUT2D eigenvalue weighted by molar-refractivity contribution is 7.99. The maximum Gasteiger partial charge on any atom is 0.143 e. The molecule has 0 aromatic heterocycles. The van der Waals surface area contributed by atoms with Crippen molar-refractivity contribution >= 4 is 23.2 Å². The van der Waals surface area contributed by atoms with Crippen molar-refractivity contribution in [3.63, 3.8) is 0 Å². The molecule has 1 aliphatic heterocycles. The highest BCUT2D eigenvalue weighted by Gasteiger charge is 2.49. The van der Waals surface area contributed by atoms with E-state index in [0.29, 0.717) is 0 Å². The van der Waals surface area contributed by atoms with Crippen LogP contribution in [0.25, 0.3) is 0 Å². The fourth-order valence-corrected chi connectivity index (χ4v) is 8.58. The summed E-state index contributed by atoms with van der Waals surface area (Å²) in [6.45, 7) is 3.15. The first kappa shape index (κ1) is 20.6. The summed E-state index contributed by atoms with van der Waals surface area (Å²) in [6, 6.07) is 33.0. The minimum Gasteiger partial charge on any atom is -1.00 e. The Kier molecular flexibility index (Phi) is 6.94. The molecule has 4 rings (SSSR count). The molecule has 0 radical (unpaired) electrons. The third kappa shape index (κ3) is 3.75. The van der Waals surface area contributed by atoms with E-state index in [-0.39, 0.29) is 12.4 Å². The topological polar surface area (TPSA) is 9.23 Å². The number of rotatable bonds is 4. The average molecular weight is 409 g/mol. The monoisotopic (exact) mass is 408 g/mol. The normalized spacial score (nSPS) is 15.9. The molecule has 0 aliphatic carbocycles. The molecule has 0 amide bonds. The van der Waals surface area contributed by atoms with Gasteiger partial charge in [0.25, 0.3) is 0 Å². The number of halogens is 1. The van der Waals surface area contributed by atoms with Gasteiger partial charge in [-0.15, -0.1) is 0 Å². The predicted molar refractivity (Wildman–Crippen MR) is 118 cm³/mol. The van der Waals surface area contributed by atoms with Gasteiger partial charge in [-0.2, -0.15) is 0 Å². The van der Waals surface area contributed by atoms with Crippen LogP contribution in [-0.4, -0.2) is 6.61 Å². The predicted octanol–water partition coefficient (Wildman–Crippen LogP) is 2.42. The van der Waals surface area contributed by atoms with Gasteiger partial charge in [0.05, 0.1) is 6.61 Å². The summed E-state index contributed by atoms with van der Waals surface area (Å²) in [7, 11) is -1.96. The summed E-state index contributed by atoms with van der Waals surface area (Å²) in [5.41, 5.74) is 0. The number of hydrogen-bond donors (Lipinski definition) is 0. The van der Waals surface area contributed by atoms with Crippen LogP contribution in [-0.2, 0) is 4.74 Å². The second kappa shape index (κ2) is 9.41. The molecule has 1 saturated heterocycles. The van der Waals surface area contributed by atoms with Gasteiger partial charge in [0.1, 0.15) is 34.2 Å². The lowest BCUT2D eigenvalue weighted by atomic mass is 10.2. The summed E-state index contributed by atoms with van der Waals surface area (Å²) >= 11 is 0. The molecule has 0 bridgehead atoms. The highest BCUT2D eigenvalue weighted by Crippen LogP contribution is 2.63. The van der Waals surface area contributed by atoms with E-state index in [1.54, 1.807) is 0 Å². The lowest BCUT2D eigenvalue weighted by Gasteiger charge is -2.30. The summed E-state index contributed by atoms with van der Waals surface area (Å²) in [5, 5.41) is 5.58. The summed E-state index contributed by atoms with van der Waals surface area (Å²) < 4.78 is 6.22. The van der Waals surface area contributed by atoms with E-state index in [0.717, 1.165) is 19.4 Å². The zero-order valence-corrected chi connectivity index (χ0v) is 17.9. The van der Waals surface area contributed by atoms with Gasteiger partial charge < -0.3 is 17.1 Å². The van der Waals surface area contributed by atoms with Crippen LogP contribution in [0, 0.1) is 0 Å². The van der Waals surface area contributed by atoms with Crippen LogP contribution >= 0.6 is 7.26 Å². The first-order valence-electron chi connectivity index (χ1n) is 9.72. The highest BCUT2D eigenvalue weighted by atomic mass is 35.5. The van der Waals surface area contributed by atoms with E-state index >= 15 is 0 Å². The summed E-state index contributed by atoms with van der Waals surface area (Å²) in [6.07, 6.45) is 3.41. The molecule has 3 aromatic rings. The molecule has 0 saturated carbocycles. The zero-order chi connectivity index (χ0) is 18.5. The van der Waals surface area contributed by atoms with Gasteiger partial charge in [0.15, 0.2) is 0 Å². The smallest absolute Gasteiger partial charge is 0.143 e. The van der Waals surface area contributed by atoms with Crippen LogP contribution in [0.15, 0.2) is 102 Å². The van der Waals surface area contributed by atoms with E-state index in [1.807, 2.05) is 0 Å². The van der Waals surface area contributed by atoms with E-state index in [4.69, 9.17) is 4.74 Å². The Bertz CT molecular complexity index is 802. The van der Waals surface area contributed by atoms with E-state index in [2.05, 4.69) is 97.9 Å². The van der Waals surface area contributed by atoms with Crippen LogP contribution in [0.1, 0.15) is 26.2 Å². The minimum absolute atomic E-state index is 0. The fraction of sp³-hybridized carbons (Fsp3) is 0.200. The molecule has 28 heavy (non-hydrogen) atoms. The van der Waals surface area contributed by atoms with Crippen LogP contribution in [0.2, 0.25) is 0 Å². The van der Waals surface area contributed by atoms with Crippen LogP contribution in [0.3, 0.4) is 0 Å². The molecule has 144 valence electrons. The summed E-state index contributed by atoms with van der Waals surface area (Å²) in [5.74, 6) is 1.20. The van der Waals surface area contributed by atoms with Crippen molar-refractivity contribution < 1.29 is 17.1 Å². The first-order chi connectivity index (χ1) is 13.3. The van der Waals surface area contributed by atoms with Crippen molar-refractivity contribution in [3.8, 4) is 0 Å². The van der Waals surface area contributed by atoms with Crippen molar-refractivity contribution in [1.29, 1.82) is 0 Å². The Morgan fingerprint density at radius 1 is 0.679 bits per heavy atom. The maximum absolute atomic E-state index is 6.22. The Morgan fingerprint density at radius 2 is 1.11 bits per heavy atom. The average Bonchev–Trinajstić information content (AvgIpc) is 2.77. The Labute approximate surface area is 175 Å². The molecule has 1 fully saturated rings. The van der Waals surface area contributed by atoms with Crippen LogP contribution in [0.5, 0.6) is 0 Å². The van der Waals surface area contributed by atoms with Crippen LogP contribution < -0.4 is 28.3 Å². The van der Waals surface area contributed by atoms with Crippen molar-refractivity contribution in [1.82, 2.24) is 0 Å². The molecule has 3 heteroatoms. The van der Waals surface area contributed by atoms with Gasteiger partial charge >= 0.3 is 0 Å².